The average Bonchev–Trinajstić information content (AvgIpc) is 2.77. The van der Waals surface area contributed by atoms with Crippen molar-refractivity contribution in [2.75, 3.05) is 12.3 Å². The SMILES string of the molecule is CCOc1ccccc1-n1c(N)nc2c(F)cc(F)cc21. The Bertz CT molecular complexity index is 814. The summed E-state index contributed by atoms with van der Waals surface area (Å²) in [7, 11) is 0. The topological polar surface area (TPSA) is 53.1 Å². The van der Waals surface area contributed by atoms with Crippen molar-refractivity contribution in [2.24, 2.45) is 0 Å². The van der Waals surface area contributed by atoms with Crippen LogP contribution in [0, 0.1) is 11.6 Å². The summed E-state index contributed by atoms with van der Waals surface area (Å²) in [5, 5.41) is 0. The van der Waals surface area contributed by atoms with Crippen LogP contribution in [0.3, 0.4) is 0 Å². The van der Waals surface area contributed by atoms with E-state index in [0.717, 1.165) is 6.07 Å². The molecule has 2 N–H and O–H groups in total. The molecule has 1 aromatic heterocycles. The summed E-state index contributed by atoms with van der Waals surface area (Å²) in [5.74, 6) is -0.795. The highest BCUT2D eigenvalue weighted by atomic mass is 19.1. The van der Waals surface area contributed by atoms with Crippen LogP contribution in [0.4, 0.5) is 14.7 Å². The molecule has 0 spiro atoms. The molecule has 4 nitrogen and oxygen atoms in total. The Morgan fingerprint density at radius 3 is 2.76 bits per heavy atom. The highest BCUT2D eigenvalue weighted by Gasteiger charge is 2.17. The van der Waals surface area contributed by atoms with E-state index in [1.54, 1.807) is 18.2 Å². The first-order valence-corrected chi connectivity index (χ1v) is 6.47. The van der Waals surface area contributed by atoms with Gasteiger partial charge >= 0.3 is 0 Å². The molecule has 0 unspecified atom stereocenters. The standard InChI is InChI=1S/C15H13F2N3O/c1-2-21-13-6-4-3-5-11(13)20-12-8-9(16)7-10(17)14(12)19-15(20)18/h3-8H,2H2,1H3,(H2,18,19). The number of imidazole rings is 1. The molecule has 0 radical (unpaired) electrons. The fourth-order valence-electron chi connectivity index (χ4n) is 2.29. The van der Waals surface area contributed by atoms with Crippen LogP contribution >= 0.6 is 0 Å². The number of hydrogen-bond donors (Lipinski definition) is 1. The second-order valence-corrected chi connectivity index (χ2v) is 4.46. The van der Waals surface area contributed by atoms with E-state index in [2.05, 4.69) is 4.98 Å². The Balaban J connectivity index is 2.33. The Kier molecular flexibility index (Phi) is 3.21. The summed E-state index contributed by atoms with van der Waals surface area (Å²) < 4.78 is 34.3. The number of nitrogen functional groups attached to an aromatic ring is 1. The molecule has 0 aliphatic carbocycles. The Morgan fingerprint density at radius 1 is 1.24 bits per heavy atom. The Labute approximate surface area is 119 Å². The Hall–Kier alpha value is -2.63. The first kappa shape index (κ1) is 13.4. The van der Waals surface area contributed by atoms with Gasteiger partial charge < -0.3 is 10.5 Å². The van der Waals surface area contributed by atoms with E-state index < -0.39 is 11.6 Å². The van der Waals surface area contributed by atoms with E-state index in [9.17, 15) is 8.78 Å². The van der Waals surface area contributed by atoms with E-state index in [1.165, 1.54) is 10.6 Å². The first-order valence-electron chi connectivity index (χ1n) is 6.47. The molecule has 0 saturated carbocycles. The van der Waals surface area contributed by atoms with Gasteiger partial charge in [0.15, 0.2) is 5.82 Å². The van der Waals surface area contributed by atoms with Gasteiger partial charge in [0.1, 0.15) is 17.1 Å². The third-order valence-corrected chi connectivity index (χ3v) is 3.11. The lowest BCUT2D eigenvalue weighted by molar-refractivity contribution is 0.339. The zero-order valence-corrected chi connectivity index (χ0v) is 11.3. The molecule has 1 heterocycles. The summed E-state index contributed by atoms with van der Waals surface area (Å²) in [6.45, 7) is 2.32. The van der Waals surface area contributed by atoms with Gasteiger partial charge in [0.25, 0.3) is 0 Å². The van der Waals surface area contributed by atoms with Crippen molar-refractivity contribution in [2.45, 2.75) is 6.92 Å². The van der Waals surface area contributed by atoms with Crippen LogP contribution in [0.1, 0.15) is 6.92 Å². The minimum atomic E-state index is -0.746. The van der Waals surface area contributed by atoms with Gasteiger partial charge in [0.05, 0.1) is 17.8 Å². The molecular weight excluding hydrogens is 276 g/mol. The van der Waals surface area contributed by atoms with Gasteiger partial charge in [0, 0.05) is 12.1 Å². The quantitative estimate of drug-likeness (QED) is 0.805. The van der Waals surface area contributed by atoms with Crippen molar-refractivity contribution in [1.29, 1.82) is 0 Å². The van der Waals surface area contributed by atoms with Gasteiger partial charge in [-0.2, -0.15) is 0 Å². The minimum absolute atomic E-state index is 0.0280. The molecule has 3 rings (SSSR count). The summed E-state index contributed by atoms with van der Waals surface area (Å²) in [6.07, 6.45) is 0. The minimum Gasteiger partial charge on any atom is -0.492 e. The molecule has 0 aliphatic heterocycles. The van der Waals surface area contributed by atoms with E-state index in [0.29, 0.717) is 18.0 Å². The fourth-order valence-corrected chi connectivity index (χ4v) is 2.29. The zero-order valence-electron chi connectivity index (χ0n) is 11.3. The normalized spacial score (nSPS) is 11.0. The van der Waals surface area contributed by atoms with Gasteiger partial charge in [-0.3, -0.25) is 4.57 Å². The van der Waals surface area contributed by atoms with Gasteiger partial charge in [-0.05, 0) is 19.1 Å². The summed E-state index contributed by atoms with van der Waals surface area (Å²) in [6, 6.07) is 9.10. The maximum Gasteiger partial charge on any atom is 0.206 e. The fraction of sp³-hybridized carbons (Fsp3) is 0.133. The number of aromatic nitrogens is 2. The number of nitrogens with zero attached hydrogens (tertiary/aromatic N) is 2. The predicted molar refractivity (Wildman–Crippen MR) is 76.6 cm³/mol. The van der Waals surface area contributed by atoms with Crippen molar-refractivity contribution in [3.05, 3.63) is 48.0 Å². The molecule has 0 saturated heterocycles. The zero-order chi connectivity index (χ0) is 15.0. The number of para-hydroxylation sites is 2. The predicted octanol–water partition coefficient (Wildman–Crippen LogP) is 3.28. The van der Waals surface area contributed by atoms with E-state index in [1.807, 2.05) is 13.0 Å². The van der Waals surface area contributed by atoms with Gasteiger partial charge in [0.2, 0.25) is 5.95 Å². The smallest absolute Gasteiger partial charge is 0.206 e. The molecule has 0 atom stereocenters. The van der Waals surface area contributed by atoms with Gasteiger partial charge in [-0.1, -0.05) is 12.1 Å². The number of fused-ring (bicyclic) bond motifs is 1. The molecule has 21 heavy (non-hydrogen) atoms. The molecule has 0 bridgehead atoms. The summed E-state index contributed by atoms with van der Waals surface area (Å²) in [4.78, 5) is 3.97. The third-order valence-electron chi connectivity index (χ3n) is 3.11. The number of hydrogen-bond acceptors (Lipinski definition) is 3. The van der Waals surface area contributed by atoms with Crippen LogP contribution in [0.5, 0.6) is 5.75 Å². The second kappa shape index (κ2) is 5.05. The molecule has 6 heteroatoms. The van der Waals surface area contributed by atoms with Crippen molar-refractivity contribution >= 4 is 17.0 Å². The molecule has 2 aromatic carbocycles. The lowest BCUT2D eigenvalue weighted by Gasteiger charge is -2.12. The van der Waals surface area contributed by atoms with E-state index >= 15 is 0 Å². The third kappa shape index (κ3) is 2.18. The summed E-state index contributed by atoms with van der Waals surface area (Å²) >= 11 is 0. The molecule has 3 aromatic rings. The highest BCUT2D eigenvalue weighted by Crippen LogP contribution is 2.30. The van der Waals surface area contributed by atoms with Crippen LogP contribution in [0.15, 0.2) is 36.4 Å². The number of benzene rings is 2. The van der Waals surface area contributed by atoms with Gasteiger partial charge in [-0.25, -0.2) is 13.8 Å². The summed E-state index contributed by atoms with van der Waals surface area (Å²) in [5.41, 5.74) is 6.75. The highest BCUT2D eigenvalue weighted by molar-refractivity contribution is 5.82. The van der Waals surface area contributed by atoms with Crippen LogP contribution < -0.4 is 10.5 Å². The number of rotatable bonds is 3. The molecule has 108 valence electrons. The number of ether oxygens (including phenoxy) is 1. The van der Waals surface area contributed by atoms with Crippen molar-refractivity contribution in [3.63, 3.8) is 0 Å². The monoisotopic (exact) mass is 289 g/mol. The van der Waals surface area contributed by atoms with Crippen LogP contribution in [-0.2, 0) is 0 Å². The average molecular weight is 289 g/mol. The molecule has 0 amide bonds. The first-order chi connectivity index (χ1) is 10.1. The van der Waals surface area contributed by atoms with Gasteiger partial charge in [-0.15, -0.1) is 0 Å². The number of nitrogens with two attached hydrogens (primary N) is 1. The van der Waals surface area contributed by atoms with E-state index in [4.69, 9.17) is 10.5 Å². The van der Waals surface area contributed by atoms with Crippen LogP contribution in [0.2, 0.25) is 0 Å². The van der Waals surface area contributed by atoms with Crippen LogP contribution in [-0.4, -0.2) is 16.2 Å². The molecular formula is C15H13F2N3O. The van der Waals surface area contributed by atoms with Crippen molar-refractivity contribution < 1.29 is 13.5 Å². The van der Waals surface area contributed by atoms with Crippen molar-refractivity contribution in [1.82, 2.24) is 9.55 Å². The number of anilines is 1. The van der Waals surface area contributed by atoms with Crippen LogP contribution in [0.25, 0.3) is 16.7 Å². The molecule has 0 fully saturated rings. The number of halogens is 2. The molecule has 0 aliphatic rings. The Morgan fingerprint density at radius 2 is 2.00 bits per heavy atom. The maximum absolute atomic E-state index is 13.8. The maximum atomic E-state index is 13.8. The lowest BCUT2D eigenvalue weighted by Crippen LogP contribution is -2.04. The van der Waals surface area contributed by atoms with E-state index in [-0.39, 0.29) is 17.0 Å². The largest absolute Gasteiger partial charge is 0.492 e. The van der Waals surface area contributed by atoms with Crippen molar-refractivity contribution in [3.8, 4) is 11.4 Å². The lowest BCUT2D eigenvalue weighted by atomic mass is 10.2. The second-order valence-electron chi connectivity index (χ2n) is 4.46.